The second-order valence-corrected chi connectivity index (χ2v) is 7.27. The Morgan fingerprint density at radius 1 is 1.14 bits per heavy atom. The highest BCUT2D eigenvalue weighted by Crippen LogP contribution is 2.26. The Bertz CT molecular complexity index is 721. The third-order valence-electron chi connectivity index (χ3n) is 3.58. The molecule has 0 fully saturated rings. The van der Waals surface area contributed by atoms with Crippen LogP contribution in [0.15, 0.2) is 30.5 Å². The highest BCUT2D eigenvalue weighted by atomic mass is 32.1. The van der Waals surface area contributed by atoms with E-state index in [4.69, 9.17) is 0 Å². The summed E-state index contributed by atoms with van der Waals surface area (Å²) in [6.45, 7) is 9.71. The van der Waals surface area contributed by atoms with Gasteiger partial charge in [0.25, 0.3) is 0 Å². The Morgan fingerprint density at radius 2 is 1.86 bits per heavy atom. The first-order valence-electron chi connectivity index (χ1n) is 7.73. The Kier molecular flexibility index (Phi) is 4.16. The van der Waals surface area contributed by atoms with Gasteiger partial charge in [0.05, 0.1) is 11.9 Å². The van der Waals surface area contributed by atoms with E-state index in [0.29, 0.717) is 11.8 Å². The summed E-state index contributed by atoms with van der Waals surface area (Å²) in [7, 11) is 0. The van der Waals surface area contributed by atoms with Gasteiger partial charge in [-0.15, -0.1) is 5.10 Å². The molecule has 1 aromatic carbocycles. The van der Waals surface area contributed by atoms with Crippen molar-refractivity contribution < 1.29 is 0 Å². The number of benzene rings is 1. The molecule has 2 heterocycles. The van der Waals surface area contributed by atoms with Gasteiger partial charge in [-0.1, -0.05) is 63.3 Å². The molecule has 3 rings (SSSR count). The Labute approximate surface area is 135 Å². The van der Waals surface area contributed by atoms with Gasteiger partial charge in [0.15, 0.2) is 0 Å². The van der Waals surface area contributed by atoms with Crippen molar-refractivity contribution in [2.75, 3.05) is 11.9 Å². The zero-order valence-corrected chi connectivity index (χ0v) is 14.3. The van der Waals surface area contributed by atoms with Crippen molar-refractivity contribution in [1.29, 1.82) is 0 Å². The fraction of sp³-hybridized carbons (Fsp3) is 0.412. The van der Waals surface area contributed by atoms with Crippen LogP contribution in [0, 0.1) is 5.92 Å². The molecular weight excluding hydrogens is 292 g/mol. The molecule has 2 aromatic heterocycles. The van der Waals surface area contributed by atoms with Crippen LogP contribution in [0.4, 0.5) is 5.13 Å². The first-order valence-corrected chi connectivity index (χ1v) is 8.55. The van der Waals surface area contributed by atoms with E-state index in [1.807, 2.05) is 10.7 Å². The second-order valence-electron chi connectivity index (χ2n) is 6.31. The van der Waals surface area contributed by atoms with Crippen LogP contribution in [-0.2, 0) is 0 Å². The monoisotopic (exact) mass is 314 g/mol. The van der Waals surface area contributed by atoms with Crippen LogP contribution in [0.25, 0.3) is 16.2 Å². The van der Waals surface area contributed by atoms with Gasteiger partial charge in [-0.3, -0.25) is 0 Å². The van der Waals surface area contributed by atoms with E-state index in [1.54, 1.807) is 11.3 Å². The molecule has 22 heavy (non-hydrogen) atoms. The number of anilines is 1. The van der Waals surface area contributed by atoms with Crippen LogP contribution < -0.4 is 5.32 Å². The van der Waals surface area contributed by atoms with Gasteiger partial charge < -0.3 is 5.32 Å². The smallest absolute Gasteiger partial charge is 0.214 e. The van der Waals surface area contributed by atoms with Crippen LogP contribution in [-0.4, -0.2) is 21.1 Å². The van der Waals surface area contributed by atoms with Crippen molar-refractivity contribution in [3.05, 3.63) is 36.0 Å². The lowest BCUT2D eigenvalue weighted by Gasteiger charge is -2.05. The minimum absolute atomic E-state index is 0.552. The fourth-order valence-electron chi connectivity index (χ4n) is 2.24. The van der Waals surface area contributed by atoms with E-state index in [0.717, 1.165) is 27.9 Å². The van der Waals surface area contributed by atoms with E-state index in [2.05, 4.69) is 67.4 Å². The van der Waals surface area contributed by atoms with Crippen LogP contribution in [0.2, 0.25) is 0 Å². The van der Waals surface area contributed by atoms with Gasteiger partial charge in [-0.2, -0.15) is 0 Å². The Morgan fingerprint density at radius 3 is 2.45 bits per heavy atom. The SMILES string of the molecule is CC(C)CNc1nn2cc(-c3ccc(C(C)C)cc3)nc2s1. The molecule has 4 nitrogen and oxygen atoms in total. The van der Waals surface area contributed by atoms with Crippen molar-refractivity contribution >= 4 is 21.4 Å². The number of rotatable bonds is 5. The summed E-state index contributed by atoms with van der Waals surface area (Å²) in [5, 5.41) is 8.81. The minimum atomic E-state index is 0.552. The molecule has 0 bridgehead atoms. The summed E-state index contributed by atoms with van der Waals surface area (Å²) < 4.78 is 1.86. The van der Waals surface area contributed by atoms with E-state index in [1.165, 1.54) is 5.56 Å². The first kappa shape index (κ1) is 15.0. The van der Waals surface area contributed by atoms with Gasteiger partial charge >= 0.3 is 0 Å². The quantitative estimate of drug-likeness (QED) is 0.745. The second kappa shape index (κ2) is 6.08. The van der Waals surface area contributed by atoms with Gasteiger partial charge in [-0.25, -0.2) is 9.50 Å². The summed E-state index contributed by atoms with van der Waals surface area (Å²) in [6.07, 6.45) is 2.00. The molecule has 1 N–H and O–H groups in total. The molecule has 0 aliphatic carbocycles. The maximum atomic E-state index is 4.68. The molecule has 0 spiro atoms. The fourth-order valence-corrected chi connectivity index (χ4v) is 3.03. The van der Waals surface area contributed by atoms with Crippen LogP contribution in [0.3, 0.4) is 0 Å². The van der Waals surface area contributed by atoms with Crippen molar-refractivity contribution in [3.8, 4) is 11.3 Å². The standard InChI is InChI=1S/C17H22N4S/c1-11(2)9-18-16-20-21-10-15(19-17(21)22-16)14-7-5-13(6-8-14)12(3)4/h5-8,10-12H,9H2,1-4H3,(H,18,20). The summed E-state index contributed by atoms with van der Waals surface area (Å²) in [5.74, 6) is 1.15. The highest BCUT2D eigenvalue weighted by molar-refractivity contribution is 7.20. The predicted octanol–water partition coefficient (Wildman–Crippen LogP) is 4.65. The maximum Gasteiger partial charge on any atom is 0.214 e. The maximum absolute atomic E-state index is 4.68. The molecular formula is C17H22N4S. The molecule has 0 saturated heterocycles. The Balaban J connectivity index is 1.81. The first-order chi connectivity index (χ1) is 10.5. The summed E-state index contributed by atoms with van der Waals surface area (Å²) in [5.41, 5.74) is 3.46. The van der Waals surface area contributed by atoms with Gasteiger partial charge in [0.2, 0.25) is 10.1 Å². The number of imidazole rings is 1. The van der Waals surface area contributed by atoms with Gasteiger partial charge in [-0.05, 0) is 17.4 Å². The number of hydrogen-bond donors (Lipinski definition) is 1. The number of hydrogen-bond acceptors (Lipinski definition) is 4. The zero-order chi connectivity index (χ0) is 15.7. The molecule has 5 heteroatoms. The van der Waals surface area contributed by atoms with Crippen molar-refractivity contribution in [2.24, 2.45) is 5.92 Å². The lowest BCUT2D eigenvalue weighted by atomic mass is 10.0. The number of aromatic nitrogens is 3. The molecule has 0 radical (unpaired) electrons. The summed E-state index contributed by atoms with van der Waals surface area (Å²) in [4.78, 5) is 5.61. The van der Waals surface area contributed by atoms with Crippen molar-refractivity contribution in [3.63, 3.8) is 0 Å². The van der Waals surface area contributed by atoms with Crippen LogP contribution in [0.1, 0.15) is 39.2 Å². The summed E-state index contributed by atoms with van der Waals surface area (Å²) >= 11 is 1.59. The van der Waals surface area contributed by atoms with E-state index >= 15 is 0 Å². The average Bonchev–Trinajstić information content (AvgIpc) is 3.03. The third kappa shape index (κ3) is 3.14. The molecule has 0 aliphatic rings. The van der Waals surface area contributed by atoms with Crippen molar-refractivity contribution in [1.82, 2.24) is 14.6 Å². The molecule has 0 unspecified atom stereocenters. The molecule has 3 aromatic rings. The van der Waals surface area contributed by atoms with Crippen molar-refractivity contribution in [2.45, 2.75) is 33.6 Å². The molecule has 0 aliphatic heterocycles. The van der Waals surface area contributed by atoms with E-state index in [-0.39, 0.29) is 0 Å². The van der Waals surface area contributed by atoms with Crippen LogP contribution >= 0.6 is 11.3 Å². The zero-order valence-electron chi connectivity index (χ0n) is 13.5. The predicted molar refractivity (Wildman–Crippen MR) is 93.7 cm³/mol. The average molecular weight is 314 g/mol. The lowest BCUT2D eigenvalue weighted by molar-refractivity contribution is 0.687. The lowest BCUT2D eigenvalue weighted by Crippen LogP contribution is -2.07. The third-order valence-corrected chi connectivity index (χ3v) is 4.46. The normalized spacial score (nSPS) is 11.7. The molecule has 0 amide bonds. The van der Waals surface area contributed by atoms with E-state index < -0.39 is 0 Å². The molecule has 116 valence electrons. The van der Waals surface area contributed by atoms with Gasteiger partial charge in [0, 0.05) is 12.1 Å². The molecule has 0 saturated carbocycles. The Hall–Kier alpha value is -1.88. The number of nitrogens with zero attached hydrogens (tertiary/aromatic N) is 3. The van der Waals surface area contributed by atoms with E-state index in [9.17, 15) is 0 Å². The minimum Gasteiger partial charge on any atom is -0.360 e. The summed E-state index contributed by atoms with van der Waals surface area (Å²) in [6, 6.07) is 8.63. The molecule has 0 atom stereocenters. The number of nitrogens with one attached hydrogen (secondary N) is 1. The largest absolute Gasteiger partial charge is 0.360 e. The topological polar surface area (TPSA) is 42.2 Å². The van der Waals surface area contributed by atoms with Gasteiger partial charge in [0.1, 0.15) is 0 Å². The number of fused-ring (bicyclic) bond motifs is 1. The highest BCUT2D eigenvalue weighted by Gasteiger charge is 2.10. The van der Waals surface area contributed by atoms with Crippen LogP contribution in [0.5, 0.6) is 0 Å².